The van der Waals surface area contributed by atoms with Gasteiger partial charge in [0, 0.05) is 26.4 Å². The Balaban J connectivity index is 3.11. The fourth-order valence-corrected chi connectivity index (χ4v) is 3.02. The minimum absolute atomic E-state index is 0.0232. The maximum Gasteiger partial charge on any atom is 0.246 e. The van der Waals surface area contributed by atoms with Crippen LogP contribution >= 0.6 is 0 Å². The van der Waals surface area contributed by atoms with E-state index in [0.29, 0.717) is 0 Å². The molecule has 4 N–H and O–H groups in total. The molecule has 9 heteroatoms. The predicted molar refractivity (Wildman–Crippen MR) is 69.8 cm³/mol. The molecule has 0 aliphatic heterocycles. The van der Waals surface area contributed by atoms with E-state index >= 15 is 0 Å². The predicted octanol–water partition coefficient (Wildman–Crippen LogP) is -1.00. The van der Waals surface area contributed by atoms with Crippen molar-refractivity contribution in [2.75, 3.05) is 38.8 Å². The molecular formula is C10H18N4O4S. The van der Waals surface area contributed by atoms with Gasteiger partial charge >= 0.3 is 0 Å². The van der Waals surface area contributed by atoms with Gasteiger partial charge in [-0.1, -0.05) is 0 Å². The first-order valence-corrected chi connectivity index (χ1v) is 7.03. The first kappa shape index (κ1) is 15.8. The van der Waals surface area contributed by atoms with Crippen molar-refractivity contribution in [3.63, 3.8) is 0 Å². The van der Waals surface area contributed by atoms with Crippen LogP contribution in [0.4, 0.5) is 5.82 Å². The van der Waals surface area contributed by atoms with Gasteiger partial charge < -0.3 is 15.3 Å². The van der Waals surface area contributed by atoms with E-state index in [9.17, 15) is 8.42 Å². The summed E-state index contributed by atoms with van der Waals surface area (Å²) in [5.41, 5.74) is 2.24. The van der Waals surface area contributed by atoms with E-state index in [1.165, 1.54) is 25.4 Å². The van der Waals surface area contributed by atoms with Crippen LogP contribution in [0.15, 0.2) is 23.2 Å². The highest BCUT2D eigenvalue weighted by molar-refractivity contribution is 7.89. The van der Waals surface area contributed by atoms with Gasteiger partial charge in [0.05, 0.1) is 13.2 Å². The number of aliphatic hydroxyl groups is 1. The van der Waals surface area contributed by atoms with Gasteiger partial charge in [-0.25, -0.2) is 19.2 Å². The third-order valence-corrected chi connectivity index (χ3v) is 4.35. The lowest BCUT2D eigenvalue weighted by Gasteiger charge is -2.21. The summed E-state index contributed by atoms with van der Waals surface area (Å²) < 4.78 is 30.8. The average molecular weight is 290 g/mol. The SMILES string of the molecule is COCCN(CCO)S(=O)(=O)c1cccnc1NN. The molecule has 0 aromatic carbocycles. The summed E-state index contributed by atoms with van der Waals surface area (Å²) in [7, 11) is -2.32. The van der Waals surface area contributed by atoms with Gasteiger partial charge in [0.1, 0.15) is 4.90 Å². The van der Waals surface area contributed by atoms with Crippen molar-refractivity contribution in [1.29, 1.82) is 0 Å². The molecule has 0 amide bonds. The molecule has 19 heavy (non-hydrogen) atoms. The fourth-order valence-electron chi connectivity index (χ4n) is 1.50. The third-order valence-electron chi connectivity index (χ3n) is 2.42. The zero-order valence-corrected chi connectivity index (χ0v) is 11.4. The molecule has 108 valence electrons. The standard InChI is InChI=1S/C10H18N4O4S/c1-18-8-6-14(5-7-15)19(16,17)9-3-2-4-12-10(9)13-11/h2-4,15H,5-8,11H2,1H3,(H,12,13). The highest BCUT2D eigenvalue weighted by Crippen LogP contribution is 2.21. The number of nitrogens with one attached hydrogen (secondary N) is 1. The number of anilines is 1. The monoisotopic (exact) mass is 290 g/mol. The van der Waals surface area contributed by atoms with Crippen molar-refractivity contribution >= 4 is 15.8 Å². The van der Waals surface area contributed by atoms with Crippen LogP contribution in [0.25, 0.3) is 0 Å². The number of rotatable bonds is 8. The molecule has 0 bridgehead atoms. The number of hydrazine groups is 1. The molecular weight excluding hydrogens is 272 g/mol. The molecule has 0 radical (unpaired) electrons. The number of aromatic nitrogens is 1. The number of methoxy groups -OCH3 is 1. The van der Waals surface area contributed by atoms with Crippen molar-refractivity contribution in [2.45, 2.75) is 4.90 Å². The largest absolute Gasteiger partial charge is 0.395 e. The van der Waals surface area contributed by atoms with Crippen LogP contribution in [-0.4, -0.2) is 56.2 Å². The Morgan fingerprint density at radius 3 is 2.84 bits per heavy atom. The molecule has 0 unspecified atom stereocenters. The Hall–Kier alpha value is -1.26. The number of hydrogen-bond acceptors (Lipinski definition) is 7. The molecule has 1 aromatic rings. The van der Waals surface area contributed by atoms with Crippen molar-refractivity contribution < 1.29 is 18.3 Å². The second kappa shape index (κ2) is 7.36. The number of ether oxygens (including phenoxy) is 1. The van der Waals surface area contributed by atoms with Gasteiger partial charge in [-0.15, -0.1) is 0 Å². The second-order valence-electron chi connectivity index (χ2n) is 3.61. The number of hydrogen-bond donors (Lipinski definition) is 3. The molecule has 1 heterocycles. The molecule has 0 saturated heterocycles. The van der Waals surface area contributed by atoms with E-state index in [4.69, 9.17) is 15.7 Å². The number of nitrogens with two attached hydrogens (primary N) is 1. The Labute approximate surface area is 112 Å². The Kier molecular flexibility index (Phi) is 6.12. The highest BCUT2D eigenvalue weighted by atomic mass is 32.2. The first-order chi connectivity index (χ1) is 9.07. The summed E-state index contributed by atoms with van der Waals surface area (Å²) in [6.07, 6.45) is 1.43. The van der Waals surface area contributed by atoms with E-state index in [2.05, 4.69) is 10.4 Å². The maximum absolute atomic E-state index is 12.4. The van der Waals surface area contributed by atoms with Crippen LogP contribution in [0.1, 0.15) is 0 Å². The summed E-state index contributed by atoms with van der Waals surface area (Å²) in [4.78, 5) is 3.81. The zero-order chi connectivity index (χ0) is 14.3. The normalized spacial score (nSPS) is 11.8. The van der Waals surface area contributed by atoms with Crippen LogP contribution in [0.3, 0.4) is 0 Å². The van der Waals surface area contributed by atoms with E-state index in [1.807, 2.05) is 0 Å². The quantitative estimate of drug-likeness (QED) is 0.415. The zero-order valence-electron chi connectivity index (χ0n) is 10.6. The van der Waals surface area contributed by atoms with Gasteiger partial charge in [-0.05, 0) is 12.1 Å². The molecule has 0 aliphatic rings. The number of nitrogen functional groups attached to an aromatic ring is 1. The highest BCUT2D eigenvalue weighted by Gasteiger charge is 2.26. The molecule has 1 rings (SSSR count). The van der Waals surface area contributed by atoms with Crippen LogP contribution in [-0.2, 0) is 14.8 Å². The summed E-state index contributed by atoms with van der Waals surface area (Å²) in [6, 6.07) is 2.90. The molecule has 0 aliphatic carbocycles. The van der Waals surface area contributed by atoms with Gasteiger partial charge in [-0.2, -0.15) is 4.31 Å². The Bertz CT molecular complexity index is 494. The minimum atomic E-state index is -3.79. The number of pyridine rings is 1. The third kappa shape index (κ3) is 3.85. The van der Waals surface area contributed by atoms with Crippen molar-refractivity contribution in [3.05, 3.63) is 18.3 Å². The second-order valence-corrected chi connectivity index (χ2v) is 5.52. The molecule has 0 saturated carbocycles. The molecule has 1 aromatic heterocycles. The lowest BCUT2D eigenvalue weighted by Crippen LogP contribution is -2.36. The van der Waals surface area contributed by atoms with E-state index in [0.717, 1.165) is 4.31 Å². The van der Waals surface area contributed by atoms with Gasteiger partial charge in [0.2, 0.25) is 10.0 Å². The van der Waals surface area contributed by atoms with Crippen LogP contribution in [0.2, 0.25) is 0 Å². The molecule has 0 atom stereocenters. The van der Waals surface area contributed by atoms with Gasteiger partial charge in [0.15, 0.2) is 5.82 Å². The first-order valence-electron chi connectivity index (χ1n) is 5.59. The summed E-state index contributed by atoms with van der Waals surface area (Å²) in [5, 5.41) is 8.97. The Morgan fingerprint density at radius 1 is 1.53 bits per heavy atom. The van der Waals surface area contributed by atoms with E-state index in [1.54, 1.807) is 0 Å². The van der Waals surface area contributed by atoms with Crippen LogP contribution < -0.4 is 11.3 Å². The minimum Gasteiger partial charge on any atom is -0.395 e. The van der Waals surface area contributed by atoms with Crippen molar-refractivity contribution in [1.82, 2.24) is 9.29 Å². The maximum atomic E-state index is 12.4. The number of nitrogens with zero attached hydrogens (tertiary/aromatic N) is 2. The fraction of sp³-hybridized carbons (Fsp3) is 0.500. The van der Waals surface area contributed by atoms with Crippen molar-refractivity contribution in [2.24, 2.45) is 5.84 Å². The van der Waals surface area contributed by atoms with E-state index < -0.39 is 10.0 Å². The summed E-state index contributed by atoms with van der Waals surface area (Å²) >= 11 is 0. The Morgan fingerprint density at radius 2 is 2.26 bits per heavy atom. The smallest absolute Gasteiger partial charge is 0.246 e. The van der Waals surface area contributed by atoms with Crippen molar-refractivity contribution in [3.8, 4) is 0 Å². The lowest BCUT2D eigenvalue weighted by atomic mass is 10.5. The van der Waals surface area contributed by atoms with Gasteiger partial charge in [0.25, 0.3) is 0 Å². The van der Waals surface area contributed by atoms with E-state index in [-0.39, 0.29) is 37.0 Å². The van der Waals surface area contributed by atoms with Crippen LogP contribution in [0, 0.1) is 0 Å². The summed E-state index contributed by atoms with van der Waals surface area (Å²) in [6.45, 7) is 0.0579. The summed E-state index contributed by atoms with van der Waals surface area (Å²) in [5.74, 6) is 5.31. The lowest BCUT2D eigenvalue weighted by molar-refractivity contribution is 0.168. The number of aliphatic hydroxyl groups excluding tert-OH is 1. The average Bonchev–Trinajstić information content (AvgIpc) is 2.43. The topological polar surface area (TPSA) is 118 Å². The van der Waals surface area contributed by atoms with Crippen LogP contribution in [0.5, 0.6) is 0 Å². The van der Waals surface area contributed by atoms with Gasteiger partial charge in [-0.3, -0.25) is 0 Å². The molecule has 8 nitrogen and oxygen atoms in total. The molecule has 0 spiro atoms. The molecule has 0 fully saturated rings. The number of sulfonamides is 1.